The zero-order valence-corrected chi connectivity index (χ0v) is 13.2. The van der Waals surface area contributed by atoms with Crippen molar-refractivity contribution in [3.8, 4) is 0 Å². The molecule has 0 aromatic carbocycles. The molecule has 4 nitrogen and oxygen atoms in total. The number of hydrogen-bond acceptors (Lipinski definition) is 5. The largest absolute Gasteiger partial charge is 0.396 e. The van der Waals surface area contributed by atoms with Gasteiger partial charge in [-0.25, -0.2) is 0 Å². The lowest BCUT2D eigenvalue weighted by Crippen LogP contribution is -2.23. The van der Waals surface area contributed by atoms with Gasteiger partial charge in [0.25, 0.3) is 5.91 Å². The molecule has 0 saturated carbocycles. The molecule has 0 saturated heterocycles. The third-order valence-electron chi connectivity index (χ3n) is 2.71. The first kappa shape index (κ1) is 15.9. The number of hydrogen-bond donors (Lipinski definition) is 3. The van der Waals surface area contributed by atoms with Crippen LogP contribution in [0.3, 0.4) is 0 Å². The van der Waals surface area contributed by atoms with Gasteiger partial charge < -0.3 is 16.4 Å². The first-order valence-electron chi connectivity index (χ1n) is 6.16. The zero-order chi connectivity index (χ0) is 14.4. The van der Waals surface area contributed by atoms with Crippen LogP contribution in [0.2, 0.25) is 0 Å². The van der Waals surface area contributed by atoms with Crippen molar-refractivity contribution >= 4 is 39.7 Å². The average molecular weight is 299 g/mol. The van der Waals surface area contributed by atoms with Crippen molar-refractivity contribution in [3.63, 3.8) is 0 Å². The highest BCUT2D eigenvalue weighted by molar-refractivity contribution is 7.99. The highest BCUT2D eigenvalue weighted by Crippen LogP contribution is 2.42. The Labute approximate surface area is 122 Å². The molecule has 0 aliphatic carbocycles. The van der Waals surface area contributed by atoms with Gasteiger partial charge in [0, 0.05) is 12.6 Å². The summed E-state index contributed by atoms with van der Waals surface area (Å²) in [5.41, 5.74) is 6.63. The van der Waals surface area contributed by atoms with Crippen LogP contribution >= 0.6 is 23.1 Å². The SMILES string of the molecule is C=CCNC(=O)c1sc(NC(C)CC)c(SC)c1N. The molecule has 1 heterocycles. The lowest BCUT2D eigenvalue weighted by molar-refractivity contribution is 0.0963. The third-order valence-corrected chi connectivity index (χ3v) is 4.80. The Morgan fingerprint density at radius 3 is 2.84 bits per heavy atom. The van der Waals surface area contributed by atoms with Crippen LogP contribution in [0.4, 0.5) is 10.7 Å². The molecule has 1 amide bonds. The highest BCUT2D eigenvalue weighted by atomic mass is 32.2. The van der Waals surface area contributed by atoms with E-state index in [0.29, 0.717) is 23.2 Å². The average Bonchev–Trinajstić information content (AvgIpc) is 2.72. The number of nitrogen functional groups attached to an aromatic ring is 1. The summed E-state index contributed by atoms with van der Waals surface area (Å²) in [6.45, 7) is 8.25. The summed E-state index contributed by atoms with van der Waals surface area (Å²) in [5.74, 6) is -0.144. The predicted molar refractivity (Wildman–Crippen MR) is 86.4 cm³/mol. The van der Waals surface area contributed by atoms with E-state index in [0.717, 1.165) is 16.3 Å². The standard InChI is InChI=1S/C13H21N3OS2/c1-5-7-15-12(17)10-9(14)11(18-4)13(19-10)16-8(3)6-2/h5,8,16H,1,6-7,14H2,2-4H3,(H,15,17). The number of amides is 1. The summed E-state index contributed by atoms with van der Waals surface area (Å²) in [7, 11) is 0. The molecule has 1 aromatic heterocycles. The van der Waals surface area contributed by atoms with Gasteiger partial charge in [-0.2, -0.15) is 0 Å². The summed E-state index contributed by atoms with van der Waals surface area (Å²) >= 11 is 2.97. The fourth-order valence-corrected chi connectivity index (χ4v) is 3.52. The fraction of sp³-hybridized carbons (Fsp3) is 0.462. The van der Waals surface area contributed by atoms with Crippen LogP contribution in [0, 0.1) is 0 Å². The molecule has 0 bridgehead atoms. The fourth-order valence-electron chi connectivity index (χ4n) is 1.47. The summed E-state index contributed by atoms with van der Waals surface area (Å²) in [6, 6.07) is 0.355. The van der Waals surface area contributed by atoms with Crippen molar-refractivity contribution in [1.29, 1.82) is 0 Å². The minimum Gasteiger partial charge on any atom is -0.396 e. The first-order chi connectivity index (χ1) is 9.04. The number of carbonyl (C=O) groups is 1. The normalized spacial score (nSPS) is 11.9. The van der Waals surface area contributed by atoms with Gasteiger partial charge in [0.05, 0.1) is 10.6 Å². The summed E-state index contributed by atoms with van der Waals surface area (Å²) in [6.07, 6.45) is 4.63. The molecular formula is C13H21N3OS2. The van der Waals surface area contributed by atoms with Gasteiger partial charge in [0.15, 0.2) is 0 Å². The number of thiophene rings is 1. The van der Waals surface area contributed by atoms with Gasteiger partial charge in [-0.05, 0) is 19.6 Å². The van der Waals surface area contributed by atoms with Crippen LogP contribution in [0.15, 0.2) is 17.6 Å². The van der Waals surface area contributed by atoms with E-state index in [2.05, 4.69) is 31.1 Å². The molecule has 0 aliphatic heterocycles. The second-order valence-electron chi connectivity index (χ2n) is 4.16. The van der Waals surface area contributed by atoms with Gasteiger partial charge in [0.2, 0.25) is 0 Å². The van der Waals surface area contributed by atoms with Crippen LogP contribution in [-0.2, 0) is 0 Å². The van der Waals surface area contributed by atoms with Crippen molar-refractivity contribution in [2.75, 3.05) is 23.9 Å². The molecule has 0 radical (unpaired) electrons. The number of carbonyl (C=O) groups excluding carboxylic acids is 1. The predicted octanol–water partition coefficient (Wildman–Crippen LogP) is 3.18. The molecule has 4 N–H and O–H groups in total. The lowest BCUT2D eigenvalue weighted by atomic mass is 10.2. The van der Waals surface area contributed by atoms with E-state index in [1.54, 1.807) is 17.8 Å². The maximum Gasteiger partial charge on any atom is 0.263 e. The summed E-state index contributed by atoms with van der Waals surface area (Å²) in [4.78, 5) is 13.5. The van der Waals surface area contributed by atoms with E-state index in [4.69, 9.17) is 5.73 Å². The quantitative estimate of drug-likeness (QED) is 0.534. The maximum absolute atomic E-state index is 12.0. The molecular weight excluding hydrogens is 278 g/mol. The van der Waals surface area contributed by atoms with E-state index in [-0.39, 0.29) is 5.91 Å². The minimum atomic E-state index is -0.144. The molecule has 1 aromatic rings. The Bertz CT molecular complexity index is 457. The van der Waals surface area contributed by atoms with Crippen molar-refractivity contribution in [1.82, 2.24) is 5.32 Å². The Morgan fingerprint density at radius 2 is 2.32 bits per heavy atom. The van der Waals surface area contributed by atoms with E-state index in [9.17, 15) is 4.79 Å². The second kappa shape index (κ2) is 7.45. The topological polar surface area (TPSA) is 67.2 Å². The Morgan fingerprint density at radius 1 is 1.63 bits per heavy atom. The Kier molecular flexibility index (Phi) is 6.24. The van der Waals surface area contributed by atoms with Crippen molar-refractivity contribution in [2.45, 2.75) is 31.2 Å². The number of thioether (sulfide) groups is 1. The van der Waals surface area contributed by atoms with E-state index in [1.165, 1.54) is 11.3 Å². The highest BCUT2D eigenvalue weighted by Gasteiger charge is 2.20. The van der Waals surface area contributed by atoms with Crippen LogP contribution in [-0.4, -0.2) is 24.7 Å². The summed E-state index contributed by atoms with van der Waals surface area (Å²) < 4.78 is 0. The minimum absolute atomic E-state index is 0.144. The van der Waals surface area contributed by atoms with E-state index >= 15 is 0 Å². The zero-order valence-electron chi connectivity index (χ0n) is 11.6. The molecule has 1 unspecified atom stereocenters. The van der Waals surface area contributed by atoms with Gasteiger partial charge in [-0.1, -0.05) is 13.0 Å². The second-order valence-corrected chi connectivity index (χ2v) is 6.00. The summed E-state index contributed by atoms with van der Waals surface area (Å²) in [5, 5.41) is 7.13. The van der Waals surface area contributed by atoms with E-state index < -0.39 is 0 Å². The van der Waals surface area contributed by atoms with Crippen molar-refractivity contribution < 1.29 is 4.79 Å². The van der Waals surface area contributed by atoms with Gasteiger partial charge >= 0.3 is 0 Å². The molecule has 0 aliphatic rings. The van der Waals surface area contributed by atoms with Gasteiger partial charge in [0.1, 0.15) is 9.88 Å². The van der Waals surface area contributed by atoms with Crippen LogP contribution < -0.4 is 16.4 Å². The van der Waals surface area contributed by atoms with Gasteiger partial charge in [-0.15, -0.1) is 29.7 Å². The van der Waals surface area contributed by atoms with E-state index in [1.807, 2.05) is 6.26 Å². The van der Waals surface area contributed by atoms with Crippen LogP contribution in [0.25, 0.3) is 0 Å². The van der Waals surface area contributed by atoms with Crippen LogP contribution in [0.5, 0.6) is 0 Å². The molecule has 6 heteroatoms. The lowest BCUT2D eigenvalue weighted by Gasteiger charge is -2.12. The molecule has 106 valence electrons. The molecule has 1 rings (SSSR count). The van der Waals surface area contributed by atoms with Crippen molar-refractivity contribution in [3.05, 3.63) is 17.5 Å². The number of rotatable bonds is 7. The molecule has 0 spiro atoms. The Hall–Kier alpha value is -1.14. The molecule has 19 heavy (non-hydrogen) atoms. The smallest absolute Gasteiger partial charge is 0.263 e. The third kappa shape index (κ3) is 3.91. The monoisotopic (exact) mass is 299 g/mol. The van der Waals surface area contributed by atoms with Crippen LogP contribution in [0.1, 0.15) is 29.9 Å². The molecule has 0 fully saturated rings. The number of nitrogens with two attached hydrogens (primary N) is 1. The number of nitrogens with one attached hydrogen (secondary N) is 2. The number of anilines is 2. The van der Waals surface area contributed by atoms with Crippen molar-refractivity contribution in [2.24, 2.45) is 0 Å². The first-order valence-corrected chi connectivity index (χ1v) is 8.21. The van der Waals surface area contributed by atoms with Gasteiger partial charge in [-0.3, -0.25) is 4.79 Å². The molecule has 1 atom stereocenters. The maximum atomic E-state index is 12.0. The Balaban J connectivity index is 3.00.